The van der Waals surface area contributed by atoms with Crippen molar-refractivity contribution in [2.45, 2.75) is 0 Å². The molecule has 4 heterocycles. The molecule has 0 amide bonds. The monoisotopic (exact) mass is 459 g/mol. The fourth-order valence-electron chi connectivity index (χ4n) is 3.58. The third kappa shape index (κ3) is 5.41. The van der Waals surface area contributed by atoms with Gasteiger partial charge in [0.2, 0.25) is 0 Å². The van der Waals surface area contributed by atoms with Crippen LogP contribution in [0, 0.1) is 0 Å². The van der Waals surface area contributed by atoms with Crippen LogP contribution in [0.25, 0.3) is 10.9 Å². The molecule has 34 heavy (non-hydrogen) atoms. The number of nitrogens with one attached hydrogen (secondary N) is 2. The Labute approximate surface area is 196 Å². The number of fused-ring (bicyclic) bond motifs is 1. The molecule has 4 aromatic rings. The first-order valence-corrected chi connectivity index (χ1v) is 11.1. The van der Waals surface area contributed by atoms with Crippen molar-refractivity contribution in [3.8, 4) is 11.8 Å². The summed E-state index contributed by atoms with van der Waals surface area (Å²) >= 11 is 0. The molecule has 174 valence electrons. The van der Waals surface area contributed by atoms with Crippen LogP contribution in [-0.2, 0) is 4.74 Å². The number of aromatic nitrogens is 4. The van der Waals surface area contributed by atoms with Crippen LogP contribution in [0.1, 0.15) is 5.56 Å². The largest absolute Gasteiger partial charge is 0.488 e. The average molecular weight is 460 g/mol. The van der Waals surface area contributed by atoms with E-state index in [9.17, 15) is 0 Å². The Morgan fingerprint density at radius 3 is 2.85 bits per heavy atom. The van der Waals surface area contributed by atoms with E-state index in [1.807, 2.05) is 48.7 Å². The Kier molecular flexibility index (Phi) is 6.77. The van der Waals surface area contributed by atoms with E-state index >= 15 is 0 Å². The second-order valence-electron chi connectivity index (χ2n) is 7.54. The lowest BCUT2D eigenvalue weighted by Gasteiger charge is -2.28. The third-order valence-corrected chi connectivity index (χ3v) is 5.25. The van der Waals surface area contributed by atoms with Crippen LogP contribution in [0.4, 0.5) is 11.6 Å². The second kappa shape index (κ2) is 10.6. The molecule has 0 spiro atoms. The van der Waals surface area contributed by atoms with Gasteiger partial charge >= 0.3 is 6.01 Å². The van der Waals surface area contributed by atoms with Gasteiger partial charge in [-0.2, -0.15) is 15.1 Å². The summed E-state index contributed by atoms with van der Waals surface area (Å²) in [6.45, 7) is 3.44. The predicted octanol–water partition coefficient (Wildman–Crippen LogP) is 3.09. The molecule has 0 saturated carbocycles. The number of rotatable bonds is 9. The van der Waals surface area contributed by atoms with Gasteiger partial charge in [-0.25, -0.2) is 0 Å². The zero-order chi connectivity index (χ0) is 23.0. The van der Waals surface area contributed by atoms with Gasteiger partial charge in [0.25, 0.3) is 0 Å². The molecule has 3 aromatic heterocycles. The van der Waals surface area contributed by atoms with Gasteiger partial charge in [-0.15, -0.1) is 0 Å². The van der Waals surface area contributed by atoms with Gasteiger partial charge in [-0.1, -0.05) is 18.2 Å². The molecule has 1 aliphatic rings. The molecule has 2 N–H and O–H groups in total. The molecule has 0 unspecified atom stereocenters. The van der Waals surface area contributed by atoms with E-state index in [2.05, 4.69) is 35.4 Å². The molecule has 0 radical (unpaired) electrons. The smallest absolute Gasteiger partial charge is 0.320 e. The maximum Gasteiger partial charge on any atom is 0.320 e. The minimum absolute atomic E-state index is 0.253. The summed E-state index contributed by atoms with van der Waals surface area (Å²) in [6, 6.07) is 13.8. The summed E-state index contributed by atoms with van der Waals surface area (Å²) in [6.07, 6.45) is 7.04. The SMILES string of the molecule is C(=N\Nc1cc(N2CCOCC2)nc(OCCOc2cccnc2)n1)/c1c[nH]c2ccccc12. The van der Waals surface area contributed by atoms with Crippen molar-refractivity contribution in [2.24, 2.45) is 5.10 Å². The highest BCUT2D eigenvalue weighted by molar-refractivity contribution is 5.99. The molecule has 1 aromatic carbocycles. The first kappa shape index (κ1) is 21.7. The number of para-hydroxylation sites is 1. The van der Waals surface area contributed by atoms with Crippen LogP contribution >= 0.6 is 0 Å². The van der Waals surface area contributed by atoms with Gasteiger partial charge in [-0.05, 0) is 18.2 Å². The summed E-state index contributed by atoms with van der Waals surface area (Å²) in [4.78, 5) is 18.4. The highest BCUT2D eigenvalue weighted by Crippen LogP contribution is 2.21. The minimum atomic E-state index is 0.253. The minimum Gasteiger partial charge on any atom is -0.488 e. The third-order valence-electron chi connectivity index (χ3n) is 5.25. The molecule has 1 aliphatic heterocycles. The lowest BCUT2D eigenvalue weighted by Crippen LogP contribution is -2.36. The maximum absolute atomic E-state index is 5.79. The molecule has 0 atom stereocenters. The normalized spacial score (nSPS) is 13.9. The van der Waals surface area contributed by atoms with Gasteiger partial charge < -0.3 is 24.1 Å². The Balaban J connectivity index is 1.27. The number of anilines is 2. The summed E-state index contributed by atoms with van der Waals surface area (Å²) in [5.41, 5.74) is 5.05. The topological polar surface area (TPSA) is 110 Å². The number of hydrogen-bond acceptors (Lipinski definition) is 9. The van der Waals surface area contributed by atoms with Crippen molar-refractivity contribution in [3.63, 3.8) is 0 Å². The molecular weight excluding hydrogens is 434 g/mol. The van der Waals surface area contributed by atoms with Crippen molar-refractivity contribution in [1.29, 1.82) is 0 Å². The first-order valence-electron chi connectivity index (χ1n) is 11.1. The van der Waals surface area contributed by atoms with Crippen LogP contribution in [-0.4, -0.2) is 65.7 Å². The van der Waals surface area contributed by atoms with Crippen LogP contribution < -0.4 is 19.8 Å². The number of hydrogen-bond donors (Lipinski definition) is 2. The van der Waals surface area contributed by atoms with E-state index in [-0.39, 0.29) is 6.01 Å². The number of H-pyrrole nitrogens is 1. The zero-order valence-electron chi connectivity index (χ0n) is 18.6. The molecule has 1 fully saturated rings. The number of aromatic amines is 1. The lowest BCUT2D eigenvalue weighted by atomic mass is 10.2. The number of hydrazone groups is 1. The van der Waals surface area contributed by atoms with E-state index in [0.717, 1.165) is 35.4 Å². The van der Waals surface area contributed by atoms with Crippen LogP contribution in [0.15, 0.2) is 66.2 Å². The number of pyridine rings is 1. The highest BCUT2D eigenvalue weighted by atomic mass is 16.5. The first-order chi connectivity index (χ1) is 16.8. The van der Waals surface area contributed by atoms with Crippen LogP contribution in [0.3, 0.4) is 0 Å². The fraction of sp³-hybridized carbons (Fsp3) is 0.250. The molecule has 10 nitrogen and oxygen atoms in total. The quantitative estimate of drug-likeness (QED) is 0.223. The van der Waals surface area contributed by atoms with Crippen molar-refractivity contribution >= 4 is 28.8 Å². The number of morpholine rings is 1. The van der Waals surface area contributed by atoms with E-state index in [1.165, 1.54) is 0 Å². The second-order valence-corrected chi connectivity index (χ2v) is 7.54. The van der Waals surface area contributed by atoms with Crippen LogP contribution in [0.2, 0.25) is 0 Å². The van der Waals surface area contributed by atoms with E-state index in [4.69, 9.17) is 14.2 Å². The summed E-state index contributed by atoms with van der Waals surface area (Å²) < 4.78 is 16.9. The van der Waals surface area contributed by atoms with Crippen LogP contribution in [0.5, 0.6) is 11.8 Å². The lowest BCUT2D eigenvalue weighted by molar-refractivity contribution is 0.122. The predicted molar refractivity (Wildman–Crippen MR) is 130 cm³/mol. The molecule has 0 aliphatic carbocycles. The van der Waals surface area contributed by atoms with Crippen molar-refractivity contribution in [1.82, 2.24) is 19.9 Å². The van der Waals surface area contributed by atoms with E-state index in [1.54, 1.807) is 18.6 Å². The number of ether oxygens (including phenoxy) is 3. The molecule has 1 saturated heterocycles. The van der Waals surface area contributed by atoms with Crippen molar-refractivity contribution in [2.75, 3.05) is 49.8 Å². The number of benzene rings is 1. The van der Waals surface area contributed by atoms with E-state index in [0.29, 0.717) is 38.0 Å². The van der Waals surface area contributed by atoms with Gasteiger partial charge in [0, 0.05) is 48.0 Å². The zero-order valence-corrected chi connectivity index (χ0v) is 18.6. The van der Waals surface area contributed by atoms with Gasteiger partial charge in [0.1, 0.15) is 24.8 Å². The summed E-state index contributed by atoms with van der Waals surface area (Å²) in [5.74, 6) is 1.98. The molecule has 10 heteroatoms. The highest BCUT2D eigenvalue weighted by Gasteiger charge is 2.15. The average Bonchev–Trinajstić information content (AvgIpc) is 3.31. The standard InChI is InChI=1S/C24H25N7O3/c1-2-6-21-20(5-1)18(15-26-21)16-27-30-22-14-23(31-8-10-32-11-9-31)29-24(28-22)34-13-12-33-19-4-3-7-25-17-19/h1-7,14-17,26H,8-13H2,(H,28,29,30)/b27-16+. The van der Waals surface area contributed by atoms with Crippen molar-refractivity contribution in [3.05, 3.63) is 66.6 Å². The Bertz CT molecular complexity index is 1240. The van der Waals surface area contributed by atoms with Gasteiger partial charge in [0.05, 0.1) is 25.6 Å². The molecule has 5 rings (SSSR count). The maximum atomic E-state index is 5.79. The molecule has 0 bridgehead atoms. The molecular formula is C24H25N7O3. The van der Waals surface area contributed by atoms with Gasteiger partial charge in [-0.3, -0.25) is 10.4 Å². The Morgan fingerprint density at radius 1 is 1.09 bits per heavy atom. The fourth-order valence-corrected chi connectivity index (χ4v) is 3.58. The number of nitrogens with zero attached hydrogens (tertiary/aromatic N) is 5. The summed E-state index contributed by atoms with van der Waals surface area (Å²) in [7, 11) is 0. The summed E-state index contributed by atoms with van der Waals surface area (Å²) in [5, 5.41) is 5.48. The van der Waals surface area contributed by atoms with Gasteiger partial charge in [0.15, 0.2) is 5.82 Å². The van der Waals surface area contributed by atoms with E-state index < -0.39 is 0 Å². The van der Waals surface area contributed by atoms with Crippen molar-refractivity contribution < 1.29 is 14.2 Å². The Morgan fingerprint density at radius 2 is 1.97 bits per heavy atom. The Hall–Kier alpha value is -4.18.